The monoisotopic (exact) mass is 175 g/mol. The Morgan fingerprint density at radius 1 is 1.46 bits per heavy atom. The predicted octanol–water partition coefficient (Wildman–Crippen LogP) is 2.63. The summed E-state index contributed by atoms with van der Waals surface area (Å²) in [6, 6.07) is 8.91. The molecule has 0 aromatic heterocycles. The van der Waals surface area contributed by atoms with Gasteiger partial charge in [0.25, 0.3) is 0 Å². The molecule has 1 fully saturated rings. The average Bonchev–Trinajstić information content (AvgIpc) is 3.00. The van der Waals surface area contributed by atoms with E-state index in [1.54, 1.807) is 0 Å². The molecule has 0 spiro atoms. The lowest BCUT2D eigenvalue weighted by Crippen LogP contribution is -2.08. The largest absolute Gasteiger partial charge is 0.330 e. The van der Waals surface area contributed by atoms with Gasteiger partial charge in [-0.3, -0.25) is 0 Å². The molecular formula is C12H17N. The normalized spacial score (nSPS) is 18.6. The molecule has 1 aromatic rings. The SMILES string of the molecule is C[C@H](CN)c1cccc(C2CC2)c1. The van der Waals surface area contributed by atoms with E-state index in [2.05, 4.69) is 31.2 Å². The van der Waals surface area contributed by atoms with Crippen LogP contribution in [0.4, 0.5) is 0 Å². The van der Waals surface area contributed by atoms with Crippen LogP contribution in [0.5, 0.6) is 0 Å². The van der Waals surface area contributed by atoms with Crippen molar-refractivity contribution >= 4 is 0 Å². The molecule has 0 heterocycles. The molecule has 13 heavy (non-hydrogen) atoms. The van der Waals surface area contributed by atoms with E-state index in [0.717, 1.165) is 12.5 Å². The van der Waals surface area contributed by atoms with Crippen LogP contribution in [0.1, 0.15) is 42.7 Å². The van der Waals surface area contributed by atoms with E-state index in [-0.39, 0.29) is 0 Å². The second-order valence-electron chi connectivity index (χ2n) is 4.08. The molecule has 1 aromatic carbocycles. The van der Waals surface area contributed by atoms with Gasteiger partial charge in [0.1, 0.15) is 0 Å². The molecule has 2 rings (SSSR count). The van der Waals surface area contributed by atoms with Crippen molar-refractivity contribution in [3.8, 4) is 0 Å². The highest BCUT2D eigenvalue weighted by atomic mass is 14.5. The predicted molar refractivity (Wildman–Crippen MR) is 55.9 cm³/mol. The lowest BCUT2D eigenvalue weighted by Gasteiger charge is -2.10. The molecule has 1 heteroatoms. The lowest BCUT2D eigenvalue weighted by molar-refractivity contribution is 0.772. The third-order valence-corrected chi connectivity index (χ3v) is 2.88. The Kier molecular flexibility index (Phi) is 2.36. The highest BCUT2D eigenvalue weighted by Gasteiger charge is 2.23. The molecule has 2 N–H and O–H groups in total. The van der Waals surface area contributed by atoms with Gasteiger partial charge in [-0.2, -0.15) is 0 Å². The summed E-state index contributed by atoms with van der Waals surface area (Å²) in [7, 11) is 0. The van der Waals surface area contributed by atoms with Crippen molar-refractivity contribution < 1.29 is 0 Å². The van der Waals surface area contributed by atoms with Gasteiger partial charge in [0.15, 0.2) is 0 Å². The van der Waals surface area contributed by atoms with E-state index in [0.29, 0.717) is 5.92 Å². The van der Waals surface area contributed by atoms with Crippen LogP contribution in [0.25, 0.3) is 0 Å². The zero-order valence-corrected chi connectivity index (χ0v) is 8.16. The van der Waals surface area contributed by atoms with Crippen LogP contribution in [0.3, 0.4) is 0 Å². The molecule has 1 nitrogen and oxygen atoms in total. The Balaban J connectivity index is 2.21. The fraction of sp³-hybridized carbons (Fsp3) is 0.500. The minimum absolute atomic E-state index is 0.499. The number of benzene rings is 1. The van der Waals surface area contributed by atoms with Gasteiger partial charge in [-0.15, -0.1) is 0 Å². The first kappa shape index (κ1) is 8.76. The van der Waals surface area contributed by atoms with E-state index in [4.69, 9.17) is 5.73 Å². The van der Waals surface area contributed by atoms with Crippen molar-refractivity contribution in [2.45, 2.75) is 31.6 Å². The lowest BCUT2D eigenvalue weighted by atomic mass is 9.98. The third kappa shape index (κ3) is 1.92. The smallest absolute Gasteiger partial charge is 0.00109 e. The molecule has 1 aliphatic carbocycles. The van der Waals surface area contributed by atoms with Gasteiger partial charge >= 0.3 is 0 Å². The van der Waals surface area contributed by atoms with Gasteiger partial charge in [0, 0.05) is 0 Å². The van der Waals surface area contributed by atoms with Gasteiger partial charge in [-0.1, -0.05) is 31.2 Å². The Morgan fingerprint density at radius 3 is 2.85 bits per heavy atom. The van der Waals surface area contributed by atoms with Crippen LogP contribution < -0.4 is 5.73 Å². The maximum Gasteiger partial charge on any atom is -0.00109 e. The average molecular weight is 175 g/mol. The molecule has 0 saturated heterocycles. The summed E-state index contributed by atoms with van der Waals surface area (Å²) in [5, 5.41) is 0. The van der Waals surface area contributed by atoms with E-state index < -0.39 is 0 Å². The van der Waals surface area contributed by atoms with E-state index >= 15 is 0 Å². The minimum Gasteiger partial charge on any atom is -0.330 e. The summed E-state index contributed by atoms with van der Waals surface area (Å²) in [6.07, 6.45) is 2.75. The Bertz CT molecular complexity index is 289. The molecule has 0 aliphatic heterocycles. The first-order chi connectivity index (χ1) is 6.31. The fourth-order valence-electron chi connectivity index (χ4n) is 1.67. The number of hydrogen-bond donors (Lipinski definition) is 1. The second-order valence-corrected chi connectivity index (χ2v) is 4.08. The first-order valence-electron chi connectivity index (χ1n) is 5.11. The minimum atomic E-state index is 0.499. The zero-order chi connectivity index (χ0) is 9.26. The molecule has 0 bridgehead atoms. The maximum atomic E-state index is 5.65. The van der Waals surface area contributed by atoms with Crippen molar-refractivity contribution in [3.05, 3.63) is 35.4 Å². The van der Waals surface area contributed by atoms with Gasteiger partial charge in [0.05, 0.1) is 0 Å². The molecule has 70 valence electrons. The van der Waals surface area contributed by atoms with Crippen molar-refractivity contribution in [1.82, 2.24) is 0 Å². The van der Waals surface area contributed by atoms with Crippen molar-refractivity contribution in [2.75, 3.05) is 6.54 Å². The van der Waals surface area contributed by atoms with E-state index in [1.165, 1.54) is 24.0 Å². The molecular weight excluding hydrogens is 158 g/mol. The zero-order valence-electron chi connectivity index (χ0n) is 8.16. The summed E-state index contributed by atoms with van der Waals surface area (Å²) in [5.41, 5.74) is 8.55. The molecule has 0 amide bonds. The molecule has 1 atom stereocenters. The van der Waals surface area contributed by atoms with Gasteiger partial charge in [0.2, 0.25) is 0 Å². The Hall–Kier alpha value is -0.820. The topological polar surface area (TPSA) is 26.0 Å². The van der Waals surface area contributed by atoms with Crippen LogP contribution in [-0.2, 0) is 0 Å². The summed E-state index contributed by atoms with van der Waals surface area (Å²) in [6.45, 7) is 2.93. The summed E-state index contributed by atoms with van der Waals surface area (Å²) in [5.74, 6) is 1.35. The molecule has 1 saturated carbocycles. The summed E-state index contributed by atoms with van der Waals surface area (Å²) >= 11 is 0. The highest BCUT2D eigenvalue weighted by Crippen LogP contribution is 2.40. The van der Waals surface area contributed by atoms with Crippen molar-refractivity contribution in [1.29, 1.82) is 0 Å². The van der Waals surface area contributed by atoms with Gasteiger partial charge in [-0.25, -0.2) is 0 Å². The maximum absolute atomic E-state index is 5.65. The standard InChI is InChI=1S/C12H17N/c1-9(8-13)11-3-2-4-12(7-11)10-5-6-10/h2-4,7,9-10H,5-6,8,13H2,1H3/t9-/m1/s1. The first-order valence-corrected chi connectivity index (χ1v) is 5.11. The Labute approximate surface area is 80.0 Å². The van der Waals surface area contributed by atoms with E-state index in [9.17, 15) is 0 Å². The number of nitrogens with two attached hydrogens (primary N) is 1. The number of rotatable bonds is 3. The molecule has 0 radical (unpaired) electrons. The van der Waals surface area contributed by atoms with Crippen LogP contribution in [0.15, 0.2) is 24.3 Å². The van der Waals surface area contributed by atoms with Crippen LogP contribution in [-0.4, -0.2) is 6.54 Å². The van der Waals surface area contributed by atoms with Gasteiger partial charge in [-0.05, 0) is 42.3 Å². The third-order valence-electron chi connectivity index (χ3n) is 2.88. The summed E-state index contributed by atoms with van der Waals surface area (Å²) in [4.78, 5) is 0. The van der Waals surface area contributed by atoms with Crippen LogP contribution in [0.2, 0.25) is 0 Å². The molecule has 0 unspecified atom stereocenters. The highest BCUT2D eigenvalue weighted by molar-refractivity contribution is 5.30. The Morgan fingerprint density at radius 2 is 2.23 bits per heavy atom. The van der Waals surface area contributed by atoms with Crippen LogP contribution in [0, 0.1) is 0 Å². The molecule has 1 aliphatic rings. The van der Waals surface area contributed by atoms with Crippen molar-refractivity contribution in [2.24, 2.45) is 5.73 Å². The second kappa shape index (κ2) is 3.51. The quantitative estimate of drug-likeness (QED) is 0.751. The fourth-order valence-corrected chi connectivity index (χ4v) is 1.67. The summed E-state index contributed by atoms with van der Waals surface area (Å²) < 4.78 is 0. The van der Waals surface area contributed by atoms with Crippen molar-refractivity contribution in [3.63, 3.8) is 0 Å². The van der Waals surface area contributed by atoms with Crippen LogP contribution >= 0.6 is 0 Å². The van der Waals surface area contributed by atoms with Gasteiger partial charge < -0.3 is 5.73 Å². The number of hydrogen-bond acceptors (Lipinski definition) is 1. The van der Waals surface area contributed by atoms with E-state index in [1.807, 2.05) is 0 Å².